The van der Waals surface area contributed by atoms with Crippen molar-refractivity contribution in [1.29, 1.82) is 0 Å². The fourth-order valence-electron chi connectivity index (χ4n) is 3.23. The maximum atomic E-state index is 5.86. The van der Waals surface area contributed by atoms with Crippen LogP contribution >= 0.6 is 11.6 Å². The largest absolute Gasteiger partial charge is 0.355 e. The summed E-state index contributed by atoms with van der Waals surface area (Å²) in [4.78, 5) is 13.1. The number of rotatable bonds is 4. The molecule has 24 heavy (non-hydrogen) atoms. The molecule has 0 spiro atoms. The molecule has 2 fully saturated rings. The van der Waals surface area contributed by atoms with E-state index in [2.05, 4.69) is 42.1 Å². The maximum Gasteiger partial charge on any atom is 0.225 e. The fraction of sp³-hybridized carbons (Fsp3) is 0.529. The molecule has 126 valence electrons. The number of hydrogen-bond donors (Lipinski definition) is 0. The van der Waals surface area contributed by atoms with Crippen molar-refractivity contribution < 1.29 is 0 Å². The Labute approximate surface area is 146 Å². The summed E-state index contributed by atoms with van der Waals surface area (Å²) in [5, 5.41) is 9.38. The van der Waals surface area contributed by atoms with Gasteiger partial charge in [-0.1, -0.05) is 11.6 Å². The van der Waals surface area contributed by atoms with Crippen molar-refractivity contribution in [3.63, 3.8) is 0 Å². The predicted octanol–water partition coefficient (Wildman–Crippen LogP) is 2.90. The number of nitrogens with zero attached hydrogens (tertiary/aromatic N) is 6. The van der Waals surface area contributed by atoms with Crippen LogP contribution in [0.2, 0.25) is 5.02 Å². The molecule has 3 heterocycles. The molecule has 0 N–H and O–H groups in total. The first-order valence-corrected chi connectivity index (χ1v) is 8.87. The zero-order chi connectivity index (χ0) is 16.5. The molecule has 1 saturated heterocycles. The Morgan fingerprint density at radius 3 is 2.33 bits per heavy atom. The minimum atomic E-state index is 0.432. The molecule has 2 aromatic rings. The molecular formula is C17H21ClN6. The smallest absolute Gasteiger partial charge is 0.225 e. The Kier molecular flexibility index (Phi) is 4.22. The molecule has 1 saturated carbocycles. The Morgan fingerprint density at radius 2 is 1.75 bits per heavy atom. The first-order valence-electron chi connectivity index (χ1n) is 8.49. The van der Waals surface area contributed by atoms with Gasteiger partial charge in [0, 0.05) is 32.1 Å². The number of aromatic nitrogens is 4. The molecule has 2 aromatic heterocycles. The lowest BCUT2D eigenvalue weighted by Crippen LogP contribution is -2.44. The van der Waals surface area contributed by atoms with Crippen LogP contribution in [0.3, 0.4) is 0 Å². The van der Waals surface area contributed by atoms with Gasteiger partial charge in [-0.15, -0.1) is 5.10 Å². The van der Waals surface area contributed by atoms with Crippen LogP contribution in [-0.4, -0.2) is 46.3 Å². The van der Waals surface area contributed by atoms with Crippen LogP contribution in [0.15, 0.2) is 24.5 Å². The van der Waals surface area contributed by atoms with Gasteiger partial charge in [-0.05, 0) is 37.8 Å². The van der Waals surface area contributed by atoms with Crippen LogP contribution in [-0.2, 0) is 0 Å². The molecule has 7 heteroatoms. The van der Waals surface area contributed by atoms with E-state index in [1.807, 2.05) is 7.05 Å². The molecule has 0 unspecified atom stereocenters. The number of hydrogen-bond acceptors (Lipinski definition) is 6. The highest BCUT2D eigenvalue weighted by atomic mass is 35.5. The fourth-order valence-corrected chi connectivity index (χ4v) is 3.33. The zero-order valence-corrected chi connectivity index (χ0v) is 14.5. The molecule has 0 aromatic carbocycles. The number of anilines is 2. The van der Waals surface area contributed by atoms with Crippen LogP contribution in [0, 0.1) is 0 Å². The summed E-state index contributed by atoms with van der Waals surface area (Å²) in [7, 11) is 2.05. The lowest BCUT2D eigenvalue weighted by Gasteiger charge is -2.37. The third kappa shape index (κ3) is 3.29. The summed E-state index contributed by atoms with van der Waals surface area (Å²) >= 11 is 5.86. The van der Waals surface area contributed by atoms with Crippen molar-refractivity contribution in [2.75, 3.05) is 29.9 Å². The summed E-state index contributed by atoms with van der Waals surface area (Å²) in [5.41, 5.74) is 1.15. The molecule has 6 nitrogen and oxygen atoms in total. The minimum absolute atomic E-state index is 0.432. The van der Waals surface area contributed by atoms with Crippen LogP contribution in [0.5, 0.6) is 0 Å². The van der Waals surface area contributed by atoms with Crippen molar-refractivity contribution in [2.45, 2.75) is 37.6 Å². The topological polar surface area (TPSA) is 58.0 Å². The van der Waals surface area contributed by atoms with E-state index in [0.29, 0.717) is 17.0 Å². The van der Waals surface area contributed by atoms with Gasteiger partial charge in [0.1, 0.15) is 0 Å². The average Bonchev–Trinajstić information content (AvgIpc) is 3.47. The highest BCUT2D eigenvalue weighted by Gasteiger charge is 2.27. The maximum absolute atomic E-state index is 5.86. The Hall–Kier alpha value is -1.95. The second kappa shape index (κ2) is 6.51. The monoisotopic (exact) mass is 344 g/mol. The van der Waals surface area contributed by atoms with Gasteiger partial charge in [0.15, 0.2) is 5.82 Å². The van der Waals surface area contributed by atoms with Crippen molar-refractivity contribution in [1.82, 2.24) is 20.2 Å². The van der Waals surface area contributed by atoms with Gasteiger partial charge in [-0.25, -0.2) is 9.97 Å². The molecule has 0 radical (unpaired) electrons. The minimum Gasteiger partial charge on any atom is -0.355 e. The van der Waals surface area contributed by atoms with Gasteiger partial charge in [0.25, 0.3) is 0 Å². The molecule has 0 amide bonds. The summed E-state index contributed by atoms with van der Waals surface area (Å²) in [6.07, 6.45) is 7.92. The van der Waals surface area contributed by atoms with Crippen LogP contribution in [0.25, 0.3) is 0 Å². The third-order valence-corrected chi connectivity index (χ3v) is 5.12. The van der Waals surface area contributed by atoms with Gasteiger partial charge in [-0.3, -0.25) is 0 Å². The summed E-state index contributed by atoms with van der Waals surface area (Å²) < 4.78 is 0. The normalized spacial score (nSPS) is 18.7. The van der Waals surface area contributed by atoms with E-state index in [1.165, 1.54) is 12.8 Å². The van der Waals surface area contributed by atoms with Gasteiger partial charge in [0.2, 0.25) is 5.95 Å². The summed E-state index contributed by atoms with van der Waals surface area (Å²) in [6.45, 7) is 1.94. The second-order valence-electron chi connectivity index (χ2n) is 6.62. The van der Waals surface area contributed by atoms with E-state index < -0.39 is 0 Å². The molecule has 1 aliphatic carbocycles. The van der Waals surface area contributed by atoms with Crippen LogP contribution < -0.4 is 9.80 Å². The van der Waals surface area contributed by atoms with Crippen molar-refractivity contribution in [3.8, 4) is 0 Å². The first kappa shape index (κ1) is 15.6. The number of halogens is 1. The number of piperidine rings is 1. The second-order valence-corrected chi connectivity index (χ2v) is 7.06. The van der Waals surface area contributed by atoms with Gasteiger partial charge < -0.3 is 9.80 Å². The molecule has 4 rings (SSSR count). The van der Waals surface area contributed by atoms with Crippen molar-refractivity contribution in [3.05, 3.63) is 35.2 Å². The first-order chi connectivity index (χ1) is 11.7. The predicted molar refractivity (Wildman–Crippen MR) is 94.7 cm³/mol. The van der Waals surface area contributed by atoms with E-state index in [-0.39, 0.29) is 0 Å². The van der Waals surface area contributed by atoms with E-state index in [4.69, 9.17) is 11.6 Å². The Morgan fingerprint density at radius 1 is 1.04 bits per heavy atom. The molecule has 0 atom stereocenters. The summed E-state index contributed by atoms with van der Waals surface area (Å²) in [5.74, 6) is 2.37. The SMILES string of the molecule is CN(c1ncc(Cl)cn1)C1CCN(c2ccc(C3CC3)nn2)CC1. The lowest BCUT2D eigenvalue weighted by molar-refractivity contribution is 0.474. The third-order valence-electron chi connectivity index (χ3n) is 4.93. The van der Waals surface area contributed by atoms with Gasteiger partial charge in [0.05, 0.1) is 23.1 Å². The van der Waals surface area contributed by atoms with E-state index in [1.54, 1.807) is 12.4 Å². The van der Waals surface area contributed by atoms with E-state index in [9.17, 15) is 0 Å². The molecular weight excluding hydrogens is 324 g/mol. The summed E-state index contributed by atoms with van der Waals surface area (Å²) in [6, 6.07) is 4.69. The zero-order valence-electron chi connectivity index (χ0n) is 13.8. The van der Waals surface area contributed by atoms with Crippen LogP contribution in [0.1, 0.15) is 37.3 Å². The standard InChI is InChI=1S/C17H21ClN6/c1-23(17-19-10-13(18)11-20-17)14-6-8-24(9-7-14)16-5-4-15(21-22-16)12-2-3-12/h4-5,10-12,14H,2-3,6-9H2,1H3. The lowest BCUT2D eigenvalue weighted by atomic mass is 10.0. The van der Waals surface area contributed by atoms with Crippen molar-refractivity contribution >= 4 is 23.4 Å². The molecule has 1 aliphatic heterocycles. The van der Waals surface area contributed by atoms with Crippen LogP contribution in [0.4, 0.5) is 11.8 Å². The van der Waals surface area contributed by atoms with Gasteiger partial charge in [-0.2, -0.15) is 5.10 Å². The van der Waals surface area contributed by atoms with E-state index in [0.717, 1.165) is 43.4 Å². The van der Waals surface area contributed by atoms with Crippen molar-refractivity contribution in [2.24, 2.45) is 0 Å². The average molecular weight is 345 g/mol. The van der Waals surface area contributed by atoms with E-state index >= 15 is 0 Å². The van der Waals surface area contributed by atoms with Gasteiger partial charge >= 0.3 is 0 Å². The quantitative estimate of drug-likeness (QED) is 0.850. The molecule has 0 bridgehead atoms. The molecule has 2 aliphatic rings. The highest BCUT2D eigenvalue weighted by Crippen LogP contribution is 2.38. The Bertz CT molecular complexity index is 677. The Balaban J connectivity index is 1.36. The highest BCUT2D eigenvalue weighted by molar-refractivity contribution is 6.30.